The first kappa shape index (κ1) is 16.2. The number of aromatic nitrogens is 6. The number of pyridine rings is 2. The van der Waals surface area contributed by atoms with E-state index in [-0.39, 0.29) is 0 Å². The molecule has 0 aliphatic rings. The number of fused-ring (bicyclic) bond motifs is 2. The Kier molecular flexibility index (Phi) is 3.86. The summed E-state index contributed by atoms with van der Waals surface area (Å²) in [6.45, 7) is 0.674. The maximum Gasteiger partial charge on any atom is 0.194 e. The lowest BCUT2D eigenvalue weighted by Crippen LogP contribution is -2.15. The average molecular weight is 371 g/mol. The number of hydrogen-bond donors (Lipinski definition) is 2. The number of anilines is 2. The SMILES string of the molecule is COc1ccnc(Nc2cnc3[nH]n(Cc4ccc5ncccc5c4)c3n2)c1. The molecule has 4 heterocycles. The zero-order chi connectivity index (χ0) is 18.9. The van der Waals surface area contributed by atoms with Crippen molar-refractivity contribution in [3.8, 4) is 5.75 Å². The third-order valence-corrected chi connectivity index (χ3v) is 4.48. The molecule has 0 amide bonds. The molecular formula is C20H17N7O. The zero-order valence-electron chi connectivity index (χ0n) is 15.1. The lowest BCUT2D eigenvalue weighted by molar-refractivity contribution is 0.414. The number of rotatable bonds is 5. The largest absolute Gasteiger partial charge is 0.497 e. The van der Waals surface area contributed by atoms with E-state index in [2.05, 4.69) is 48.6 Å². The van der Waals surface area contributed by atoms with Crippen LogP contribution in [0.5, 0.6) is 5.75 Å². The average Bonchev–Trinajstić information content (AvgIpc) is 2.73. The summed E-state index contributed by atoms with van der Waals surface area (Å²) >= 11 is 0. The summed E-state index contributed by atoms with van der Waals surface area (Å²) in [6, 6.07) is 13.8. The van der Waals surface area contributed by atoms with Gasteiger partial charge in [-0.2, -0.15) is 0 Å². The van der Waals surface area contributed by atoms with Crippen LogP contribution in [-0.4, -0.2) is 36.8 Å². The molecule has 8 nitrogen and oxygen atoms in total. The van der Waals surface area contributed by atoms with Gasteiger partial charge in [-0.05, 0) is 29.8 Å². The third kappa shape index (κ3) is 3.01. The van der Waals surface area contributed by atoms with Crippen molar-refractivity contribution in [3.63, 3.8) is 0 Å². The molecule has 0 radical (unpaired) electrons. The Hall–Kier alpha value is -3.94. The van der Waals surface area contributed by atoms with Crippen LogP contribution in [0.2, 0.25) is 0 Å². The molecule has 0 saturated carbocycles. The zero-order valence-corrected chi connectivity index (χ0v) is 15.1. The van der Waals surface area contributed by atoms with Crippen molar-refractivity contribution in [1.82, 2.24) is 29.7 Å². The molecule has 2 N–H and O–H groups in total. The fourth-order valence-electron chi connectivity index (χ4n) is 3.09. The standard InChI is InChI=1S/C20H17N7O/c1-28-15-6-8-22-17(10-15)24-18-11-23-19-20(25-18)27(26-19)12-13-4-5-16-14(9-13)3-2-7-21-16/h2-11H,12H2,1H3,(H,23,26)(H,22,24,25). The number of aromatic amines is 1. The van der Waals surface area contributed by atoms with Crippen LogP contribution in [0.1, 0.15) is 5.56 Å². The van der Waals surface area contributed by atoms with Gasteiger partial charge in [0.15, 0.2) is 17.1 Å². The minimum atomic E-state index is 0.619. The van der Waals surface area contributed by atoms with Gasteiger partial charge in [0.05, 0.1) is 25.4 Å². The molecule has 4 aromatic heterocycles. The highest BCUT2D eigenvalue weighted by Crippen LogP contribution is 2.20. The van der Waals surface area contributed by atoms with E-state index < -0.39 is 0 Å². The van der Waals surface area contributed by atoms with E-state index in [1.54, 1.807) is 37.8 Å². The highest BCUT2D eigenvalue weighted by molar-refractivity contribution is 5.79. The minimum absolute atomic E-state index is 0.619. The van der Waals surface area contributed by atoms with E-state index in [0.29, 0.717) is 18.2 Å². The Balaban J connectivity index is 1.40. The number of nitrogens with zero attached hydrogens (tertiary/aromatic N) is 5. The molecule has 5 rings (SSSR count). The van der Waals surface area contributed by atoms with Gasteiger partial charge in [-0.25, -0.2) is 15.0 Å². The molecule has 0 aliphatic carbocycles. The molecular weight excluding hydrogens is 354 g/mol. The van der Waals surface area contributed by atoms with Gasteiger partial charge in [0.2, 0.25) is 0 Å². The molecule has 5 aromatic rings. The van der Waals surface area contributed by atoms with E-state index >= 15 is 0 Å². The maximum atomic E-state index is 5.22. The van der Waals surface area contributed by atoms with Crippen molar-refractivity contribution in [2.45, 2.75) is 6.54 Å². The second-order valence-electron chi connectivity index (χ2n) is 6.36. The monoisotopic (exact) mass is 371 g/mol. The third-order valence-electron chi connectivity index (χ3n) is 4.48. The number of H-pyrrole nitrogens is 1. The van der Waals surface area contributed by atoms with Crippen LogP contribution in [-0.2, 0) is 6.54 Å². The van der Waals surface area contributed by atoms with Gasteiger partial charge >= 0.3 is 0 Å². The van der Waals surface area contributed by atoms with Crippen molar-refractivity contribution in [2.24, 2.45) is 0 Å². The molecule has 0 unspecified atom stereocenters. The smallest absolute Gasteiger partial charge is 0.194 e. The summed E-state index contributed by atoms with van der Waals surface area (Å²) in [5.41, 5.74) is 3.69. The molecule has 8 heteroatoms. The van der Waals surface area contributed by atoms with Gasteiger partial charge < -0.3 is 10.1 Å². The minimum Gasteiger partial charge on any atom is -0.497 e. The summed E-state index contributed by atoms with van der Waals surface area (Å²) in [5, 5.41) is 7.49. The van der Waals surface area contributed by atoms with E-state index in [1.807, 2.05) is 16.8 Å². The van der Waals surface area contributed by atoms with Crippen LogP contribution in [0, 0.1) is 0 Å². The number of nitrogens with one attached hydrogen (secondary N) is 2. The molecule has 0 atom stereocenters. The summed E-state index contributed by atoms with van der Waals surface area (Å²) in [6.07, 6.45) is 5.15. The quantitative estimate of drug-likeness (QED) is 0.491. The van der Waals surface area contributed by atoms with Crippen LogP contribution >= 0.6 is 0 Å². The van der Waals surface area contributed by atoms with Gasteiger partial charge in [-0.15, -0.1) is 0 Å². The summed E-state index contributed by atoms with van der Waals surface area (Å²) in [4.78, 5) is 17.7. The summed E-state index contributed by atoms with van der Waals surface area (Å²) in [5.74, 6) is 1.99. The molecule has 0 fully saturated rings. The number of ether oxygens (including phenoxy) is 1. The van der Waals surface area contributed by atoms with Crippen molar-refractivity contribution in [2.75, 3.05) is 12.4 Å². The second-order valence-corrected chi connectivity index (χ2v) is 6.36. The van der Waals surface area contributed by atoms with Crippen LogP contribution in [0.3, 0.4) is 0 Å². The molecule has 28 heavy (non-hydrogen) atoms. The Morgan fingerprint density at radius 3 is 2.93 bits per heavy atom. The Morgan fingerprint density at radius 1 is 1.04 bits per heavy atom. The van der Waals surface area contributed by atoms with Crippen LogP contribution in [0.4, 0.5) is 11.6 Å². The molecule has 0 bridgehead atoms. The Morgan fingerprint density at radius 2 is 2.00 bits per heavy atom. The fourth-order valence-corrected chi connectivity index (χ4v) is 3.09. The number of benzene rings is 1. The van der Waals surface area contributed by atoms with Crippen molar-refractivity contribution < 1.29 is 4.74 Å². The van der Waals surface area contributed by atoms with Crippen molar-refractivity contribution in [1.29, 1.82) is 0 Å². The number of hydrogen-bond acceptors (Lipinski definition) is 6. The first-order valence-electron chi connectivity index (χ1n) is 8.80. The lowest BCUT2D eigenvalue weighted by atomic mass is 10.1. The topological polar surface area (TPSA) is 93.5 Å². The second kappa shape index (κ2) is 6.66. The Bertz CT molecular complexity index is 1270. The lowest BCUT2D eigenvalue weighted by Gasteiger charge is -2.16. The summed E-state index contributed by atoms with van der Waals surface area (Å²) < 4.78 is 7.18. The predicted molar refractivity (Wildman–Crippen MR) is 107 cm³/mol. The van der Waals surface area contributed by atoms with Gasteiger partial charge in [-0.1, -0.05) is 12.1 Å². The predicted octanol–water partition coefficient (Wildman–Crippen LogP) is 3.50. The van der Waals surface area contributed by atoms with Gasteiger partial charge in [0, 0.05) is 23.8 Å². The highest BCUT2D eigenvalue weighted by Gasteiger charge is 2.11. The van der Waals surface area contributed by atoms with E-state index in [9.17, 15) is 0 Å². The van der Waals surface area contributed by atoms with E-state index in [0.717, 1.165) is 33.5 Å². The molecule has 0 aliphatic heterocycles. The van der Waals surface area contributed by atoms with E-state index in [4.69, 9.17) is 4.74 Å². The van der Waals surface area contributed by atoms with E-state index in [1.165, 1.54) is 0 Å². The van der Waals surface area contributed by atoms with Crippen LogP contribution < -0.4 is 10.1 Å². The first-order valence-corrected chi connectivity index (χ1v) is 8.80. The fraction of sp³-hybridized carbons (Fsp3) is 0.100. The van der Waals surface area contributed by atoms with Crippen LogP contribution in [0.25, 0.3) is 22.2 Å². The first-order chi connectivity index (χ1) is 13.8. The number of methoxy groups -OCH3 is 1. The van der Waals surface area contributed by atoms with Crippen molar-refractivity contribution >= 4 is 33.8 Å². The maximum absolute atomic E-state index is 5.22. The van der Waals surface area contributed by atoms with Crippen molar-refractivity contribution in [3.05, 3.63) is 66.6 Å². The molecule has 0 saturated heterocycles. The molecule has 138 valence electrons. The van der Waals surface area contributed by atoms with Gasteiger partial charge in [0.1, 0.15) is 11.6 Å². The van der Waals surface area contributed by atoms with Gasteiger partial charge in [-0.3, -0.25) is 14.8 Å². The van der Waals surface area contributed by atoms with Gasteiger partial charge in [0.25, 0.3) is 0 Å². The normalized spacial score (nSPS) is 11.2. The van der Waals surface area contributed by atoms with Crippen LogP contribution in [0.15, 0.2) is 61.1 Å². The molecule has 1 aromatic carbocycles. The Labute approximate surface area is 160 Å². The highest BCUT2D eigenvalue weighted by atomic mass is 16.5. The summed E-state index contributed by atoms with van der Waals surface area (Å²) in [7, 11) is 1.62. The molecule has 0 spiro atoms.